The summed E-state index contributed by atoms with van der Waals surface area (Å²) in [5.41, 5.74) is 0.612. The molecule has 0 bridgehead atoms. The lowest BCUT2D eigenvalue weighted by Crippen LogP contribution is -2.27. The van der Waals surface area contributed by atoms with Crippen molar-refractivity contribution in [2.75, 3.05) is 11.6 Å². The van der Waals surface area contributed by atoms with E-state index in [4.69, 9.17) is 4.74 Å². The molecule has 0 fully saturated rings. The van der Waals surface area contributed by atoms with Crippen LogP contribution in [0.15, 0.2) is 23.1 Å². The van der Waals surface area contributed by atoms with Crippen molar-refractivity contribution in [3.05, 3.63) is 23.8 Å². The number of benzene rings is 1. The number of sulfone groups is 1. The maximum atomic E-state index is 11.6. The Morgan fingerprint density at radius 2 is 1.84 bits per heavy atom. The first-order valence-corrected chi connectivity index (χ1v) is 7.69. The maximum Gasteiger partial charge on any atom is 0.412 e. The minimum absolute atomic E-state index is 0.222. The highest BCUT2D eigenvalue weighted by Crippen LogP contribution is 2.20. The summed E-state index contributed by atoms with van der Waals surface area (Å²) < 4.78 is 27.9. The molecule has 0 atom stereocenters. The second-order valence-corrected chi connectivity index (χ2v) is 7.39. The first kappa shape index (κ1) is 15.5. The molecule has 1 rings (SSSR count). The highest BCUT2D eigenvalue weighted by atomic mass is 32.2. The molecule has 1 amide bonds. The van der Waals surface area contributed by atoms with Gasteiger partial charge in [-0.3, -0.25) is 5.32 Å². The Morgan fingerprint density at radius 1 is 1.26 bits per heavy atom. The van der Waals surface area contributed by atoms with Crippen LogP contribution < -0.4 is 5.32 Å². The van der Waals surface area contributed by atoms with Crippen LogP contribution in [0.2, 0.25) is 0 Å². The first-order chi connectivity index (χ1) is 8.49. The number of carbonyl (C=O) groups is 1. The van der Waals surface area contributed by atoms with Crippen LogP contribution in [0.1, 0.15) is 26.3 Å². The molecular weight excluding hydrogens is 266 g/mol. The van der Waals surface area contributed by atoms with Gasteiger partial charge in [0.25, 0.3) is 0 Å². The van der Waals surface area contributed by atoms with Crippen LogP contribution in [0, 0.1) is 6.92 Å². The van der Waals surface area contributed by atoms with Crippen molar-refractivity contribution in [2.24, 2.45) is 0 Å². The zero-order valence-electron chi connectivity index (χ0n) is 11.8. The third-order valence-corrected chi connectivity index (χ3v) is 3.37. The van der Waals surface area contributed by atoms with Crippen molar-refractivity contribution >= 4 is 21.6 Å². The lowest BCUT2D eigenvalue weighted by atomic mass is 10.2. The van der Waals surface area contributed by atoms with Crippen LogP contribution in [0.4, 0.5) is 10.5 Å². The second kappa shape index (κ2) is 5.21. The van der Waals surface area contributed by atoms with Gasteiger partial charge in [-0.15, -0.1) is 0 Å². The fraction of sp³-hybridized carbons (Fsp3) is 0.462. The van der Waals surface area contributed by atoms with Crippen molar-refractivity contribution in [3.8, 4) is 0 Å². The number of carbonyl (C=O) groups excluding carboxylic acids is 1. The summed E-state index contributed by atoms with van der Waals surface area (Å²) in [6.45, 7) is 7.03. The Labute approximate surface area is 113 Å². The van der Waals surface area contributed by atoms with E-state index in [0.29, 0.717) is 11.3 Å². The van der Waals surface area contributed by atoms with Crippen molar-refractivity contribution < 1.29 is 17.9 Å². The fourth-order valence-electron chi connectivity index (χ4n) is 1.42. The number of anilines is 1. The van der Waals surface area contributed by atoms with Gasteiger partial charge in [0, 0.05) is 11.9 Å². The van der Waals surface area contributed by atoms with Crippen molar-refractivity contribution in [2.45, 2.75) is 38.2 Å². The summed E-state index contributed by atoms with van der Waals surface area (Å²) in [6.07, 6.45) is 0.575. The van der Waals surface area contributed by atoms with E-state index in [0.717, 1.165) is 6.26 Å². The third-order valence-electron chi connectivity index (χ3n) is 2.26. The number of hydrogen-bond acceptors (Lipinski definition) is 4. The van der Waals surface area contributed by atoms with Crippen LogP contribution >= 0.6 is 0 Å². The quantitative estimate of drug-likeness (QED) is 0.906. The van der Waals surface area contributed by atoms with Gasteiger partial charge in [-0.25, -0.2) is 13.2 Å². The van der Waals surface area contributed by atoms with E-state index in [-0.39, 0.29) is 4.90 Å². The van der Waals surface area contributed by atoms with Crippen LogP contribution in [-0.2, 0) is 14.6 Å². The van der Waals surface area contributed by atoms with E-state index in [2.05, 4.69) is 5.32 Å². The monoisotopic (exact) mass is 285 g/mol. The molecule has 0 saturated heterocycles. The van der Waals surface area contributed by atoms with Crippen molar-refractivity contribution in [1.82, 2.24) is 0 Å². The molecule has 0 aliphatic carbocycles. The molecule has 106 valence electrons. The molecule has 0 heterocycles. The van der Waals surface area contributed by atoms with Gasteiger partial charge in [0.1, 0.15) is 5.60 Å². The van der Waals surface area contributed by atoms with Crippen molar-refractivity contribution in [1.29, 1.82) is 0 Å². The molecule has 0 aromatic heterocycles. The number of hydrogen-bond donors (Lipinski definition) is 1. The molecule has 1 aromatic rings. The zero-order chi connectivity index (χ0) is 14.8. The Hall–Kier alpha value is -1.56. The molecule has 0 aliphatic heterocycles. The molecule has 0 spiro atoms. The third kappa shape index (κ3) is 4.90. The Morgan fingerprint density at radius 3 is 2.26 bits per heavy atom. The van der Waals surface area contributed by atoms with E-state index >= 15 is 0 Å². The minimum Gasteiger partial charge on any atom is -0.444 e. The second-order valence-electron chi connectivity index (χ2n) is 5.38. The Kier molecular flexibility index (Phi) is 4.25. The highest BCUT2D eigenvalue weighted by Gasteiger charge is 2.17. The molecule has 1 aromatic carbocycles. The number of ether oxygens (including phenoxy) is 1. The molecule has 0 aliphatic rings. The predicted molar refractivity (Wildman–Crippen MR) is 74.1 cm³/mol. The van der Waals surface area contributed by atoms with Gasteiger partial charge in [0.2, 0.25) is 0 Å². The zero-order valence-corrected chi connectivity index (χ0v) is 12.6. The van der Waals surface area contributed by atoms with E-state index in [9.17, 15) is 13.2 Å². The average Bonchev–Trinajstić information content (AvgIpc) is 2.16. The van der Waals surface area contributed by atoms with Crippen LogP contribution in [0.3, 0.4) is 0 Å². The first-order valence-electron chi connectivity index (χ1n) is 5.80. The van der Waals surface area contributed by atoms with E-state index < -0.39 is 21.5 Å². The van der Waals surface area contributed by atoms with Crippen molar-refractivity contribution in [3.63, 3.8) is 0 Å². The molecule has 6 heteroatoms. The fourth-order valence-corrected chi connectivity index (χ4v) is 2.13. The number of aryl methyl sites for hydroxylation is 1. The SMILES string of the molecule is Cc1cc(S(C)(=O)=O)ccc1NC(=O)OC(C)(C)C. The normalized spacial score (nSPS) is 12.1. The number of rotatable bonds is 2. The predicted octanol–water partition coefficient (Wildman–Crippen LogP) is 2.75. The Balaban J connectivity index is 2.90. The van der Waals surface area contributed by atoms with E-state index in [1.807, 2.05) is 0 Å². The van der Waals surface area contributed by atoms with Gasteiger partial charge >= 0.3 is 6.09 Å². The summed E-state index contributed by atoms with van der Waals surface area (Å²) >= 11 is 0. The van der Waals surface area contributed by atoms with Gasteiger partial charge in [-0.2, -0.15) is 0 Å². The minimum atomic E-state index is -3.24. The van der Waals surface area contributed by atoms with Crippen LogP contribution in [0.25, 0.3) is 0 Å². The largest absolute Gasteiger partial charge is 0.444 e. The van der Waals surface area contributed by atoms with Gasteiger partial charge in [-0.1, -0.05) is 0 Å². The maximum absolute atomic E-state index is 11.6. The van der Waals surface area contributed by atoms with Gasteiger partial charge in [-0.05, 0) is 51.5 Å². The molecule has 1 N–H and O–H groups in total. The summed E-state index contributed by atoms with van der Waals surface area (Å²) in [5.74, 6) is 0. The standard InChI is InChI=1S/C13H19NO4S/c1-9-8-10(19(5,16)17)6-7-11(9)14-12(15)18-13(2,3)4/h6-8H,1-5H3,(H,14,15). The molecule has 5 nitrogen and oxygen atoms in total. The summed E-state index contributed by atoms with van der Waals surface area (Å²) in [7, 11) is -3.24. The summed E-state index contributed by atoms with van der Waals surface area (Å²) in [5, 5.41) is 2.59. The average molecular weight is 285 g/mol. The molecule has 0 saturated carbocycles. The summed E-state index contributed by atoms with van der Waals surface area (Å²) in [4.78, 5) is 11.8. The lowest BCUT2D eigenvalue weighted by Gasteiger charge is -2.20. The van der Waals surface area contributed by atoms with Crippen LogP contribution in [-0.4, -0.2) is 26.4 Å². The van der Waals surface area contributed by atoms with Gasteiger partial charge in [0.15, 0.2) is 9.84 Å². The Bertz CT molecular complexity index is 585. The number of nitrogens with one attached hydrogen (secondary N) is 1. The topological polar surface area (TPSA) is 72.5 Å². The van der Waals surface area contributed by atoms with E-state index in [1.165, 1.54) is 12.1 Å². The smallest absolute Gasteiger partial charge is 0.412 e. The van der Waals surface area contributed by atoms with E-state index in [1.54, 1.807) is 33.8 Å². The number of amides is 1. The summed E-state index contributed by atoms with van der Waals surface area (Å²) in [6, 6.07) is 4.52. The van der Waals surface area contributed by atoms with Gasteiger partial charge < -0.3 is 4.74 Å². The lowest BCUT2D eigenvalue weighted by molar-refractivity contribution is 0.0636. The molecule has 19 heavy (non-hydrogen) atoms. The van der Waals surface area contributed by atoms with Gasteiger partial charge in [0.05, 0.1) is 4.90 Å². The molecule has 0 radical (unpaired) electrons. The molecule has 0 unspecified atom stereocenters. The highest BCUT2D eigenvalue weighted by molar-refractivity contribution is 7.90. The van der Waals surface area contributed by atoms with Crippen LogP contribution in [0.5, 0.6) is 0 Å². The molecular formula is C13H19NO4S.